The van der Waals surface area contributed by atoms with Crippen molar-refractivity contribution >= 4 is 23.7 Å². The topological polar surface area (TPSA) is 38.4 Å². The second-order valence-electron chi connectivity index (χ2n) is 9.66. The van der Waals surface area contributed by atoms with Crippen LogP contribution in [0.15, 0.2) is 120 Å². The summed E-state index contributed by atoms with van der Waals surface area (Å²) in [6, 6.07) is 30.6. The predicted molar refractivity (Wildman–Crippen MR) is 158 cm³/mol. The zero-order valence-electron chi connectivity index (χ0n) is 21.1. The van der Waals surface area contributed by atoms with E-state index in [4.69, 9.17) is 10.7 Å². The Morgan fingerprint density at radius 3 is 2.46 bits per heavy atom. The van der Waals surface area contributed by atoms with E-state index in [2.05, 4.69) is 91.0 Å². The van der Waals surface area contributed by atoms with Gasteiger partial charge in [-0.3, -0.25) is 4.99 Å². The molecule has 0 saturated heterocycles. The molecule has 0 radical (unpaired) electrons. The molecule has 2 nitrogen and oxygen atoms in total. The summed E-state index contributed by atoms with van der Waals surface area (Å²) in [6.45, 7) is 2.01. The van der Waals surface area contributed by atoms with E-state index in [9.17, 15) is 0 Å². The molecule has 0 amide bonds. The Morgan fingerprint density at radius 1 is 0.784 bits per heavy atom. The number of nitrogen functional groups attached to an aromatic ring is 1. The summed E-state index contributed by atoms with van der Waals surface area (Å²) in [4.78, 5) is 4.96. The molecule has 2 heteroatoms. The minimum Gasteiger partial charge on any atom is -0.399 e. The summed E-state index contributed by atoms with van der Waals surface area (Å²) in [7, 11) is 0. The highest BCUT2D eigenvalue weighted by Gasteiger charge is 2.47. The van der Waals surface area contributed by atoms with Gasteiger partial charge in [-0.2, -0.15) is 0 Å². The fourth-order valence-corrected chi connectivity index (χ4v) is 5.97. The van der Waals surface area contributed by atoms with Gasteiger partial charge in [0.25, 0.3) is 0 Å². The van der Waals surface area contributed by atoms with Crippen LogP contribution < -0.4 is 5.73 Å². The Hall–Kier alpha value is -4.43. The molecule has 6 rings (SSSR count). The number of aliphatic imine (C=N–C) groups is 1. The van der Waals surface area contributed by atoms with E-state index in [1.54, 1.807) is 0 Å². The monoisotopic (exact) mass is 478 g/mol. The molecule has 0 aliphatic heterocycles. The van der Waals surface area contributed by atoms with Gasteiger partial charge < -0.3 is 5.73 Å². The van der Waals surface area contributed by atoms with Crippen LogP contribution in [0, 0.1) is 0 Å². The van der Waals surface area contributed by atoms with Gasteiger partial charge in [0.2, 0.25) is 0 Å². The van der Waals surface area contributed by atoms with E-state index >= 15 is 0 Å². The van der Waals surface area contributed by atoms with Crippen LogP contribution >= 0.6 is 0 Å². The minimum atomic E-state index is -0.503. The van der Waals surface area contributed by atoms with Crippen molar-refractivity contribution in [1.82, 2.24) is 0 Å². The van der Waals surface area contributed by atoms with Crippen LogP contribution in [0.25, 0.3) is 17.2 Å². The summed E-state index contributed by atoms with van der Waals surface area (Å²) in [5.41, 5.74) is 17.7. The molecular formula is C35H30N2. The molecule has 37 heavy (non-hydrogen) atoms. The molecule has 0 heterocycles. The number of benzene rings is 4. The molecule has 0 saturated carbocycles. The Labute approximate surface area is 219 Å². The number of allylic oxidation sites excluding steroid dienone is 5. The molecule has 1 atom stereocenters. The summed E-state index contributed by atoms with van der Waals surface area (Å²) in [5, 5.41) is 0. The average molecular weight is 479 g/mol. The lowest BCUT2D eigenvalue weighted by molar-refractivity contribution is 0.766. The molecule has 2 aliphatic carbocycles. The zero-order valence-corrected chi connectivity index (χ0v) is 21.1. The van der Waals surface area contributed by atoms with Crippen molar-refractivity contribution in [3.05, 3.63) is 149 Å². The quantitative estimate of drug-likeness (QED) is 0.154. The molecule has 2 aliphatic rings. The minimum absolute atomic E-state index is 0.503. The van der Waals surface area contributed by atoms with Crippen LogP contribution in [-0.2, 0) is 11.8 Å². The van der Waals surface area contributed by atoms with Crippen molar-refractivity contribution in [3.8, 4) is 11.1 Å². The van der Waals surface area contributed by atoms with E-state index < -0.39 is 5.41 Å². The first kappa shape index (κ1) is 23.0. The Morgan fingerprint density at radius 2 is 1.59 bits per heavy atom. The van der Waals surface area contributed by atoms with Crippen molar-refractivity contribution in [2.45, 2.75) is 25.2 Å². The van der Waals surface area contributed by atoms with E-state index in [0.29, 0.717) is 0 Å². The van der Waals surface area contributed by atoms with E-state index in [1.807, 2.05) is 43.5 Å². The fourth-order valence-electron chi connectivity index (χ4n) is 5.97. The molecular weight excluding hydrogens is 448 g/mol. The molecule has 4 aromatic carbocycles. The van der Waals surface area contributed by atoms with E-state index in [1.165, 1.54) is 44.5 Å². The third-order valence-corrected chi connectivity index (χ3v) is 7.53. The maximum absolute atomic E-state index is 6.38. The van der Waals surface area contributed by atoms with Crippen molar-refractivity contribution in [2.75, 3.05) is 5.73 Å². The SMILES string of the molecule is C/C=C\C=C/C=Nc1ccccc1C1(c2ccccc2)c2ccc(N)cc2-c2cc3c(cc21)CCC=C3. The van der Waals surface area contributed by atoms with Gasteiger partial charge >= 0.3 is 0 Å². The van der Waals surface area contributed by atoms with Crippen molar-refractivity contribution in [3.63, 3.8) is 0 Å². The number of nitrogens with two attached hydrogens (primary N) is 1. The van der Waals surface area contributed by atoms with Crippen molar-refractivity contribution in [2.24, 2.45) is 4.99 Å². The number of nitrogens with zero attached hydrogens (tertiary/aromatic N) is 1. The van der Waals surface area contributed by atoms with Crippen LogP contribution in [0.4, 0.5) is 11.4 Å². The number of hydrogen-bond acceptors (Lipinski definition) is 2. The number of aryl methyl sites for hydroxylation is 1. The van der Waals surface area contributed by atoms with Crippen LogP contribution in [0.3, 0.4) is 0 Å². The normalized spacial score (nSPS) is 18.0. The molecule has 1 unspecified atom stereocenters. The zero-order chi connectivity index (χ0) is 25.2. The summed E-state index contributed by atoms with van der Waals surface area (Å²) < 4.78 is 0. The Balaban J connectivity index is 1.71. The maximum Gasteiger partial charge on any atom is 0.0734 e. The van der Waals surface area contributed by atoms with Crippen LogP contribution in [0.5, 0.6) is 0 Å². The first-order valence-electron chi connectivity index (χ1n) is 12.9. The van der Waals surface area contributed by atoms with Gasteiger partial charge in [0.1, 0.15) is 0 Å². The summed E-state index contributed by atoms with van der Waals surface area (Å²) in [6.07, 6.45) is 16.6. The highest BCUT2D eigenvalue weighted by molar-refractivity contribution is 5.91. The fraction of sp³-hybridized carbons (Fsp3) is 0.114. The third kappa shape index (κ3) is 3.77. The smallest absolute Gasteiger partial charge is 0.0734 e. The van der Waals surface area contributed by atoms with Gasteiger partial charge in [0, 0.05) is 11.9 Å². The van der Waals surface area contributed by atoms with Gasteiger partial charge in [0.15, 0.2) is 0 Å². The molecule has 2 N–H and O–H groups in total. The second-order valence-corrected chi connectivity index (χ2v) is 9.66. The lowest BCUT2D eigenvalue weighted by atomic mass is 9.66. The van der Waals surface area contributed by atoms with Gasteiger partial charge in [0.05, 0.1) is 11.1 Å². The van der Waals surface area contributed by atoms with E-state index in [0.717, 1.165) is 24.2 Å². The average Bonchev–Trinajstić information content (AvgIpc) is 3.21. The number of anilines is 1. The Bertz CT molecular complexity index is 1590. The second kappa shape index (κ2) is 9.55. The van der Waals surface area contributed by atoms with Crippen LogP contribution in [0.2, 0.25) is 0 Å². The highest BCUT2D eigenvalue weighted by atomic mass is 14.7. The summed E-state index contributed by atoms with van der Waals surface area (Å²) in [5.74, 6) is 0. The lowest BCUT2D eigenvalue weighted by Crippen LogP contribution is -2.29. The van der Waals surface area contributed by atoms with Crippen molar-refractivity contribution < 1.29 is 0 Å². The van der Waals surface area contributed by atoms with Gasteiger partial charge in [-0.1, -0.05) is 91.0 Å². The molecule has 0 spiro atoms. The van der Waals surface area contributed by atoms with Crippen LogP contribution in [-0.4, -0.2) is 6.21 Å². The van der Waals surface area contributed by atoms with E-state index in [-0.39, 0.29) is 0 Å². The standard InChI is InChI=1S/C35H30N2/c1-2-3-4-12-21-37-34-18-11-10-17-32(34)35(27-15-6-5-7-16-27)31-20-19-28(36)24-30(31)29-22-25-13-8-9-14-26(25)23-33(29)35/h2-8,10-13,15-24H,9,14,36H2,1H3/b3-2-,12-4-,37-21?. The molecule has 4 aromatic rings. The van der Waals surface area contributed by atoms with Gasteiger partial charge in [-0.15, -0.1) is 0 Å². The first-order chi connectivity index (χ1) is 18.2. The Kier molecular flexibility index (Phi) is 5.94. The first-order valence-corrected chi connectivity index (χ1v) is 12.9. The van der Waals surface area contributed by atoms with Crippen molar-refractivity contribution in [1.29, 1.82) is 0 Å². The molecule has 0 bridgehead atoms. The van der Waals surface area contributed by atoms with Crippen LogP contribution in [0.1, 0.15) is 46.7 Å². The number of para-hydroxylation sites is 1. The molecule has 0 aromatic heterocycles. The number of fused-ring (bicyclic) bond motifs is 4. The molecule has 180 valence electrons. The number of hydrogen-bond donors (Lipinski definition) is 1. The summed E-state index contributed by atoms with van der Waals surface area (Å²) >= 11 is 0. The lowest BCUT2D eigenvalue weighted by Gasteiger charge is -2.35. The number of rotatable bonds is 5. The predicted octanol–water partition coefficient (Wildman–Crippen LogP) is 8.43. The highest BCUT2D eigenvalue weighted by Crippen LogP contribution is 2.58. The largest absolute Gasteiger partial charge is 0.399 e. The van der Waals surface area contributed by atoms with Gasteiger partial charge in [-0.25, -0.2) is 0 Å². The molecule has 0 fully saturated rings. The van der Waals surface area contributed by atoms with Gasteiger partial charge in [-0.05, 0) is 94.6 Å². The maximum atomic E-state index is 6.38. The third-order valence-electron chi connectivity index (χ3n) is 7.53.